The second kappa shape index (κ2) is 6.80. The average Bonchev–Trinajstić information content (AvgIpc) is 2.56. The molecule has 2 atom stereocenters. The number of hydrogen-bond acceptors (Lipinski definition) is 1. The van der Waals surface area contributed by atoms with E-state index in [1.165, 1.54) is 48.9 Å². The molecule has 0 radical (unpaired) electrons. The largest absolute Gasteiger partial charge is 0.382 e. The Morgan fingerprint density at radius 3 is 2.52 bits per heavy atom. The minimum Gasteiger partial charge on any atom is -0.382 e. The quantitative estimate of drug-likeness (QED) is 0.753. The Labute approximate surface area is 128 Å². The molecule has 1 heteroatoms. The van der Waals surface area contributed by atoms with Crippen LogP contribution < -0.4 is 5.32 Å². The summed E-state index contributed by atoms with van der Waals surface area (Å²) >= 11 is 0. The zero-order valence-electron chi connectivity index (χ0n) is 12.9. The Hall–Kier alpha value is -1.76. The summed E-state index contributed by atoms with van der Waals surface area (Å²) in [4.78, 5) is 0. The van der Waals surface area contributed by atoms with Gasteiger partial charge in [-0.25, -0.2) is 0 Å². The Morgan fingerprint density at radius 1 is 0.952 bits per heavy atom. The molecule has 21 heavy (non-hydrogen) atoms. The van der Waals surface area contributed by atoms with Crippen molar-refractivity contribution in [3.05, 3.63) is 54.6 Å². The zero-order chi connectivity index (χ0) is 14.5. The van der Waals surface area contributed by atoms with E-state index in [9.17, 15) is 0 Å². The van der Waals surface area contributed by atoms with Crippen molar-refractivity contribution in [2.45, 2.75) is 45.1 Å². The van der Waals surface area contributed by atoms with Gasteiger partial charge in [-0.05, 0) is 30.4 Å². The van der Waals surface area contributed by atoms with Gasteiger partial charge in [-0.15, -0.1) is 0 Å². The molecule has 0 saturated heterocycles. The molecule has 2 unspecified atom stereocenters. The van der Waals surface area contributed by atoms with Crippen molar-refractivity contribution < 1.29 is 0 Å². The second-order valence-electron chi connectivity index (χ2n) is 6.19. The van der Waals surface area contributed by atoms with Crippen molar-refractivity contribution in [1.29, 1.82) is 0 Å². The van der Waals surface area contributed by atoms with Crippen molar-refractivity contribution in [2.24, 2.45) is 5.92 Å². The maximum Gasteiger partial charge on any atom is 0.0422 e. The monoisotopic (exact) mass is 279 g/mol. The van der Waals surface area contributed by atoms with Gasteiger partial charge in [0.05, 0.1) is 0 Å². The van der Waals surface area contributed by atoms with Gasteiger partial charge >= 0.3 is 0 Å². The standard InChI is InChI=1S/C20H25N/c1-2-16-9-8-12-18(15-16)21-20-14-7-6-13-19(20)17-10-4-3-5-11-17/h3-7,10-11,13-14,16,18,21H,2,8-9,12,15H2,1H3. The normalized spacial score (nSPS) is 22.0. The molecular formula is C20H25N. The van der Waals surface area contributed by atoms with Crippen LogP contribution in [0.2, 0.25) is 0 Å². The molecule has 1 fully saturated rings. The van der Waals surface area contributed by atoms with Crippen LogP contribution in [0.3, 0.4) is 0 Å². The van der Waals surface area contributed by atoms with Crippen LogP contribution in [0.4, 0.5) is 5.69 Å². The van der Waals surface area contributed by atoms with Crippen molar-refractivity contribution in [1.82, 2.24) is 0 Å². The van der Waals surface area contributed by atoms with Crippen LogP contribution in [0.15, 0.2) is 54.6 Å². The third kappa shape index (κ3) is 3.47. The van der Waals surface area contributed by atoms with Gasteiger partial charge in [-0.1, -0.05) is 74.7 Å². The second-order valence-corrected chi connectivity index (χ2v) is 6.19. The maximum absolute atomic E-state index is 3.81. The van der Waals surface area contributed by atoms with Crippen LogP contribution in [0.5, 0.6) is 0 Å². The molecular weight excluding hydrogens is 254 g/mol. The smallest absolute Gasteiger partial charge is 0.0422 e. The Bertz CT molecular complexity index is 561. The number of benzene rings is 2. The lowest BCUT2D eigenvalue weighted by Crippen LogP contribution is -2.27. The summed E-state index contributed by atoms with van der Waals surface area (Å²) in [7, 11) is 0. The molecule has 0 aliphatic heterocycles. The minimum absolute atomic E-state index is 0.633. The Morgan fingerprint density at radius 2 is 1.71 bits per heavy atom. The number of nitrogens with one attached hydrogen (secondary N) is 1. The highest BCUT2D eigenvalue weighted by molar-refractivity contribution is 5.77. The number of para-hydroxylation sites is 1. The fourth-order valence-corrected chi connectivity index (χ4v) is 3.49. The summed E-state index contributed by atoms with van der Waals surface area (Å²) < 4.78 is 0. The van der Waals surface area contributed by atoms with Crippen molar-refractivity contribution in [3.8, 4) is 11.1 Å². The van der Waals surface area contributed by atoms with Gasteiger partial charge in [0.25, 0.3) is 0 Å². The van der Waals surface area contributed by atoms with Crippen LogP contribution >= 0.6 is 0 Å². The van der Waals surface area contributed by atoms with Gasteiger partial charge in [0.2, 0.25) is 0 Å². The fraction of sp³-hybridized carbons (Fsp3) is 0.400. The van der Waals surface area contributed by atoms with Crippen molar-refractivity contribution in [2.75, 3.05) is 5.32 Å². The zero-order valence-corrected chi connectivity index (χ0v) is 12.9. The molecule has 110 valence electrons. The predicted octanol–water partition coefficient (Wildman–Crippen LogP) is 5.73. The first-order valence-corrected chi connectivity index (χ1v) is 8.28. The lowest BCUT2D eigenvalue weighted by Gasteiger charge is -2.30. The summed E-state index contributed by atoms with van der Waals surface area (Å²) in [5, 5.41) is 3.81. The van der Waals surface area contributed by atoms with Crippen molar-refractivity contribution in [3.63, 3.8) is 0 Å². The molecule has 2 aromatic carbocycles. The summed E-state index contributed by atoms with van der Waals surface area (Å²) in [5.41, 5.74) is 3.89. The average molecular weight is 279 g/mol. The Balaban J connectivity index is 1.80. The molecule has 1 aliphatic carbocycles. The third-order valence-electron chi connectivity index (χ3n) is 4.73. The predicted molar refractivity (Wildman–Crippen MR) is 91.5 cm³/mol. The Kier molecular flexibility index (Phi) is 4.59. The highest BCUT2D eigenvalue weighted by Crippen LogP contribution is 2.32. The van der Waals surface area contributed by atoms with Crippen LogP contribution in [0, 0.1) is 5.92 Å². The summed E-state index contributed by atoms with van der Waals surface area (Å²) in [5.74, 6) is 0.903. The lowest BCUT2D eigenvalue weighted by atomic mass is 9.84. The first-order chi connectivity index (χ1) is 10.4. The summed E-state index contributed by atoms with van der Waals surface area (Å²) in [6, 6.07) is 20.0. The molecule has 0 bridgehead atoms. The molecule has 0 spiro atoms. The molecule has 1 aliphatic rings. The van der Waals surface area contributed by atoms with Gasteiger partial charge < -0.3 is 5.32 Å². The molecule has 3 rings (SSSR count). The van der Waals surface area contributed by atoms with Gasteiger partial charge in [0, 0.05) is 17.3 Å². The molecule has 1 saturated carbocycles. The van der Waals surface area contributed by atoms with E-state index in [1.807, 2.05) is 0 Å². The van der Waals surface area contributed by atoms with E-state index in [4.69, 9.17) is 0 Å². The maximum atomic E-state index is 3.81. The molecule has 1 N–H and O–H groups in total. The van der Waals surface area contributed by atoms with E-state index in [0.717, 1.165) is 5.92 Å². The van der Waals surface area contributed by atoms with E-state index in [-0.39, 0.29) is 0 Å². The van der Waals surface area contributed by atoms with E-state index in [1.54, 1.807) is 0 Å². The molecule has 2 aromatic rings. The van der Waals surface area contributed by atoms with Gasteiger partial charge in [-0.3, -0.25) is 0 Å². The number of hydrogen-bond donors (Lipinski definition) is 1. The van der Waals surface area contributed by atoms with E-state index < -0.39 is 0 Å². The SMILES string of the molecule is CCC1CCCC(Nc2ccccc2-c2ccccc2)C1. The molecule has 0 amide bonds. The first kappa shape index (κ1) is 14.2. The number of rotatable bonds is 4. The van der Waals surface area contributed by atoms with Crippen LogP contribution in [-0.4, -0.2) is 6.04 Å². The minimum atomic E-state index is 0.633. The van der Waals surface area contributed by atoms with Crippen LogP contribution in [0.25, 0.3) is 11.1 Å². The van der Waals surface area contributed by atoms with Gasteiger partial charge in [0.15, 0.2) is 0 Å². The molecule has 0 heterocycles. The first-order valence-electron chi connectivity index (χ1n) is 8.28. The summed E-state index contributed by atoms with van der Waals surface area (Å²) in [6.07, 6.45) is 6.72. The topological polar surface area (TPSA) is 12.0 Å². The van der Waals surface area contributed by atoms with E-state index in [0.29, 0.717) is 6.04 Å². The number of anilines is 1. The third-order valence-corrected chi connectivity index (χ3v) is 4.73. The van der Waals surface area contributed by atoms with Crippen LogP contribution in [-0.2, 0) is 0 Å². The molecule has 1 nitrogen and oxygen atoms in total. The van der Waals surface area contributed by atoms with Crippen molar-refractivity contribution >= 4 is 5.69 Å². The lowest BCUT2D eigenvalue weighted by molar-refractivity contribution is 0.327. The summed E-state index contributed by atoms with van der Waals surface area (Å²) in [6.45, 7) is 2.32. The van der Waals surface area contributed by atoms with Gasteiger partial charge in [0.1, 0.15) is 0 Å². The molecule has 0 aromatic heterocycles. The highest BCUT2D eigenvalue weighted by atomic mass is 14.9. The van der Waals surface area contributed by atoms with E-state index in [2.05, 4.69) is 66.8 Å². The fourth-order valence-electron chi connectivity index (χ4n) is 3.49. The highest BCUT2D eigenvalue weighted by Gasteiger charge is 2.21. The van der Waals surface area contributed by atoms with Crippen LogP contribution in [0.1, 0.15) is 39.0 Å². The van der Waals surface area contributed by atoms with Gasteiger partial charge in [-0.2, -0.15) is 0 Å². The van der Waals surface area contributed by atoms with E-state index >= 15 is 0 Å².